The maximum absolute atomic E-state index is 6.28. The van der Waals surface area contributed by atoms with Crippen LogP contribution in [0.3, 0.4) is 0 Å². The summed E-state index contributed by atoms with van der Waals surface area (Å²) in [5.41, 5.74) is 27.9. The Bertz CT molecular complexity index is 6850. The Morgan fingerprint density at radius 2 is 0.460 bits per heavy atom. The topological polar surface area (TPSA) is 147 Å². The van der Waals surface area contributed by atoms with Gasteiger partial charge in [-0.05, 0) is 131 Å². The Kier molecular flexibility index (Phi) is 21.2. The molecule has 0 spiro atoms. The molecule has 0 atom stereocenters. The van der Waals surface area contributed by atoms with Crippen molar-refractivity contribution in [3.63, 3.8) is 0 Å². The second-order valence-corrected chi connectivity index (χ2v) is 33.9. The van der Waals surface area contributed by atoms with Crippen molar-refractivity contribution in [3.05, 3.63) is 403 Å². The summed E-state index contributed by atoms with van der Waals surface area (Å²) in [6.07, 6.45) is 0. The molecule has 0 unspecified atom stereocenters. The minimum Gasteiger partial charge on any atom is -0.399 e. The molecule has 0 amide bonds. The number of halogens is 1. The molecule has 14 heteroatoms. The second kappa shape index (κ2) is 33.2. The highest BCUT2D eigenvalue weighted by atomic mass is 35.5. The molecule has 12 nitrogen and oxygen atoms in total. The van der Waals surface area contributed by atoms with Crippen LogP contribution >= 0.6 is 11.6 Å². The summed E-state index contributed by atoms with van der Waals surface area (Å²) < 4.78 is 12.4. The lowest BCUT2D eigenvalue weighted by molar-refractivity contribution is 0.00578. The number of hydrogen-bond acceptors (Lipinski definition) is 12. The van der Waals surface area contributed by atoms with Crippen molar-refractivity contribution in [2.45, 2.75) is 77.4 Å². The highest BCUT2D eigenvalue weighted by Gasteiger charge is 2.52. The Labute approximate surface area is 728 Å². The summed E-state index contributed by atoms with van der Waals surface area (Å²) in [4.78, 5) is 49.6. The third-order valence-electron chi connectivity index (χ3n) is 24.1. The highest BCUT2D eigenvalue weighted by Crippen LogP contribution is 2.52. The molecule has 0 bridgehead atoms. The van der Waals surface area contributed by atoms with Gasteiger partial charge in [0.15, 0.2) is 46.6 Å². The summed E-state index contributed by atoms with van der Waals surface area (Å²) in [6.45, 7) is 17.4. The molecule has 0 saturated carbocycles. The van der Waals surface area contributed by atoms with Gasteiger partial charge in [-0.25, -0.2) is 49.8 Å². The normalized spacial score (nSPS) is 13.9. The number of fused-ring (bicyclic) bond motifs is 6. The van der Waals surface area contributed by atoms with Crippen LogP contribution in [0.4, 0.5) is 0 Å². The van der Waals surface area contributed by atoms with Gasteiger partial charge in [-0.15, -0.1) is 0 Å². The molecular formula is C110H86BClN10O2. The fraction of sp³-hybridized carbons (Fsp3) is 0.109. The largest absolute Gasteiger partial charge is 0.494 e. The summed E-state index contributed by atoms with van der Waals surface area (Å²) in [6, 6.07) is 128. The lowest BCUT2D eigenvalue weighted by Gasteiger charge is -2.32. The first kappa shape index (κ1) is 79.3. The van der Waals surface area contributed by atoms with Gasteiger partial charge in [-0.3, -0.25) is 0 Å². The molecule has 598 valence electrons. The fourth-order valence-corrected chi connectivity index (χ4v) is 16.8. The first-order chi connectivity index (χ1) is 60.3. The van der Waals surface area contributed by atoms with Crippen molar-refractivity contribution in [3.8, 4) is 170 Å². The Morgan fingerprint density at radius 1 is 0.202 bits per heavy atom. The van der Waals surface area contributed by atoms with Crippen molar-refractivity contribution in [1.29, 1.82) is 0 Å². The van der Waals surface area contributed by atoms with Gasteiger partial charge in [0.2, 0.25) is 0 Å². The first-order valence-corrected chi connectivity index (χ1v) is 42.2. The molecular weight excluding hydrogens is 1540 g/mol. The Balaban J connectivity index is 0.000000130. The van der Waals surface area contributed by atoms with Gasteiger partial charge in [0, 0.05) is 82.6 Å². The van der Waals surface area contributed by atoms with Crippen LogP contribution in [0.15, 0.2) is 376 Å². The third-order valence-corrected chi connectivity index (χ3v) is 24.4. The average molecular weight is 1630 g/mol. The van der Waals surface area contributed by atoms with Gasteiger partial charge in [0.1, 0.15) is 0 Å². The van der Waals surface area contributed by atoms with Crippen LogP contribution in [0.5, 0.6) is 0 Å². The Hall–Kier alpha value is -14.5. The van der Waals surface area contributed by atoms with Crippen LogP contribution in [0.1, 0.15) is 77.6 Å². The number of hydrogen-bond donors (Lipinski definition) is 0. The molecule has 3 aliphatic rings. The van der Waals surface area contributed by atoms with Gasteiger partial charge in [0.25, 0.3) is 0 Å². The average Bonchev–Trinajstić information content (AvgIpc) is 1.58. The van der Waals surface area contributed by atoms with Gasteiger partial charge >= 0.3 is 7.12 Å². The van der Waals surface area contributed by atoms with Crippen LogP contribution in [0.2, 0.25) is 5.02 Å². The van der Waals surface area contributed by atoms with Gasteiger partial charge in [-0.2, -0.15) is 0 Å². The molecule has 1 fully saturated rings. The van der Waals surface area contributed by atoms with E-state index in [0.29, 0.717) is 51.6 Å². The van der Waals surface area contributed by atoms with E-state index in [1.165, 1.54) is 44.5 Å². The summed E-state index contributed by atoms with van der Waals surface area (Å²) in [7, 11) is -0.380. The Morgan fingerprint density at radius 3 is 0.831 bits per heavy atom. The summed E-state index contributed by atoms with van der Waals surface area (Å²) >= 11 is 6.28. The maximum atomic E-state index is 6.28. The minimum absolute atomic E-state index is 0.0903. The van der Waals surface area contributed by atoms with E-state index in [0.717, 1.165) is 106 Å². The zero-order valence-electron chi connectivity index (χ0n) is 70.0. The second-order valence-electron chi connectivity index (χ2n) is 33.5. The van der Waals surface area contributed by atoms with Crippen LogP contribution in [-0.4, -0.2) is 68.2 Å². The lowest BCUT2D eigenvalue weighted by Crippen LogP contribution is -2.41. The smallest absolute Gasteiger partial charge is 0.399 e. The molecule has 14 aromatic carbocycles. The number of nitrogens with zero attached hydrogens (tertiary/aromatic N) is 10. The van der Waals surface area contributed by atoms with Gasteiger partial charge in [0.05, 0.1) is 34.0 Å². The van der Waals surface area contributed by atoms with E-state index in [1.807, 2.05) is 188 Å². The zero-order chi connectivity index (χ0) is 84.7. The number of rotatable bonds is 14. The maximum Gasteiger partial charge on any atom is 0.494 e. The molecule has 0 N–H and O–H groups in total. The molecule has 0 radical (unpaired) electrons. The molecule has 5 heterocycles. The standard InChI is InChI=1S/C52H37N5.C30H22ClN3.C28H27BN2O2/c1-52(2)44-24-13-12-23-42(44)43-30-29-41(32-45(43)52)51-56-49(38-19-10-5-11-20-38)55-50(57-51)40-22-14-21-39(31-40)34-25-27-36(28-26-34)47-33-46(35-15-6-3-7-16-35)53-48(54-47)37-17-8-4-9-18-37;1-30(2)25-14-7-6-13-23(25)24-16-15-21(18-26(24)30)29-33-27(19-9-4-3-5-10-19)32-28(34-29)20-11-8-12-22(31)17-20;1-27(2)28(3,4)33-29(32-27)23-17-15-21(16-18-23)25-19-24(20-11-7-5-8-12-20)30-26(31-25)22-13-9-6-10-14-22/h3-33H,1-2H3;3-18H,1-2H3;5-19H,1-4H3. The molecule has 18 aromatic rings. The van der Waals surface area contributed by atoms with Crippen molar-refractivity contribution >= 4 is 24.2 Å². The number of benzene rings is 14. The lowest BCUT2D eigenvalue weighted by atomic mass is 9.79. The molecule has 124 heavy (non-hydrogen) atoms. The quantitative estimate of drug-likeness (QED) is 0.0955. The van der Waals surface area contributed by atoms with Crippen molar-refractivity contribution in [1.82, 2.24) is 49.8 Å². The minimum atomic E-state index is -0.380. The predicted molar refractivity (Wildman–Crippen MR) is 504 cm³/mol. The molecule has 1 saturated heterocycles. The van der Waals surface area contributed by atoms with E-state index < -0.39 is 0 Å². The van der Waals surface area contributed by atoms with Crippen molar-refractivity contribution in [2.75, 3.05) is 0 Å². The third kappa shape index (κ3) is 16.0. The van der Waals surface area contributed by atoms with E-state index in [2.05, 4.69) is 243 Å². The SMILES string of the molecule is CC1(C)OB(c2ccc(-c3cc(-c4ccccc4)nc(-c4ccccc4)n3)cc2)OC1(C)C.CC1(C)c2ccccc2-c2ccc(-c3nc(-c4ccccc4)nc(-c4cccc(-c5ccc(-c6cc(-c7ccccc7)nc(-c7ccccc7)n6)cc5)c4)n3)cc21.CC1(C)c2ccccc2-c2ccc(-c3nc(-c4ccccc4)nc(-c4cccc(Cl)c4)n3)cc21. The monoisotopic (exact) mass is 1620 g/mol. The van der Waals surface area contributed by atoms with Gasteiger partial charge in [-0.1, -0.05) is 373 Å². The van der Waals surface area contributed by atoms with E-state index >= 15 is 0 Å². The van der Waals surface area contributed by atoms with E-state index in [4.69, 9.17) is 70.7 Å². The summed E-state index contributed by atoms with van der Waals surface area (Å²) in [5.74, 6) is 5.23. The predicted octanol–water partition coefficient (Wildman–Crippen LogP) is 26.2. The van der Waals surface area contributed by atoms with Crippen LogP contribution in [0, 0.1) is 0 Å². The molecule has 21 rings (SSSR count). The summed E-state index contributed by atoms with van der Waals surface area (Å²) in [5, 5.41) is 0.651. The first-order valence-electron chi connectivity index (χ1n) is 41.9. The van der Waals surface area contributed by atoms with Crippen molar-refractivity contribution < 1.29 is 9.31 Å². The van der Waals surface area contributed by atoms with Crippen LogP contribution < -0.4 is 5.46 Å². The van der Waals surface area contributed by atoms with E-state index in [-0.39, 0.29) is 29.2 Å². The number of aromatic nitrogens is 10. The van der Waals surface area contributed by atoms with Crippen molar-refractivity contribution in [2.24, 2.45) is 0 Å². The molecule has 2 aliphatic carbocycles. The van der Waals surface area contributed by atoms with E-state index in [9.17, 15) is 0 Å². The fourth-order valence-electron chi connectivity index (χ4n) is 16.6. The highest BCUT2D eigenvalue weighted by molar-refractivity contribution is 6.62. The zero-order valence-corrected chi connectivity index (χ0v) is 70.8. The molecule has 4 aromatic heterocycles. The van der Waals surface area contributed by atoms with Gasteiger partial charge < -0.3 is 9.31 Å². The van der Waals surface area contributed by atoms with E-state index in [1.54, 1.807) is 0 Å². The van der Waals surface area contributed by atoms with Crippen LogP contribution in [-0.2, 0) is 20.1 Å². The van der Waals surface area contributed by atoms with Crippen LogP contribution in [0.25, 0.3) is 170 Å². The molecule has 1 aliphatic heterocycles.